The van der Waals surface area contributed by atoms with Gasteiger partial charge in [0.25, 0.3) is 0 Å². The lowest BCUT2D eigenvalue weighted by Crippen LogP contribution is -2.03. The number of hydrogen-bond acceptors (Lipinski definition) is 3. The Labute approximate surface area is 105 Å². The predicted molar refractivity (Wildman–Crippen MR) is 68.6 cm³/mol. The summed E-state index contributed by atoms with van der Waals surface area (Å²) >= 11 is 0. The zero-order valence-corrected chi connectivity index (χ0v) is 9.92. The highest BCUT2D eigenvalue weighted by Gasteiger charge is 2.12. The van der Waals surface area contributed by atoms with E-state index < -0.39 is 0 Å². The number of carbonyl (C=O) groups is 2. The smallest absolute Gasteiger partial charge is 0.338 e. The molecule has 0 radical (unpaired) electrons. The minimum atomic E-state index is -0.387. The molecule has 18 heavy (non-hydrogen) atoms. The average molecular weight is 240 g/mol. The van der Waals surface area contributed by atoms with E-state index >= 15 is 0 Å². The van der Waals surface area contributed by atoms with Gasteiger partial charge in [-0.05, 0) is 23.3 Å². The molecule has 2 aromatic carbocycles. The van der Waals surface area contributed by atoms with Crippen LogP contribution in [0.25, 0.3) is 11.1 Å². The van der Waals surface area contributed by atoms with Crippen LogP contribution in [0, 0.1) is 0 Å². The van der Waals surface area contributed by atoms with Crippen LogP contribution in [-0.4, -0.2) is 19.4 Å². The largest absolute Gasteiger partial charge is 0.465 e. The molecule has 0 saturated heterocycles. The van der Waals surface area contributed by atoms with Gasteiger partial charge in [-0.15, -0.1) is 0 Å². The summed E-state index contributed by atoms with van der Waals surface area (Å²) in [6.07, 6.45) is 0.782. The monoisotopic (exact) mass is 240 g/mol. The fraction of sp³-hybridized carbons (Fsp3) is 0.0667. The fourth-order valence-corrected chi connectivity index (χ4v) is 1.80. The van der Waals surface area contributed by atoms with Crippen LogP contribution in [0.15, 0.2) is 48.5 Å². The van der Waals surface area contributed by atoms with Gasteiger partial charge in [0.1, 0.15) is 6.29 Å². The van der Waals surface area contributed by atoms with Crippen molar-refractivity contribution in [3.63, 3.8) is 0 Å². The fourth-order valence-electron chi connectivity index (χ4n) is 1.80. The lowest BCUT2D eigenvalue weighted by atomic mass is 9.98. The minimum absolute atomic E-state index is 0.387. The van der Waals surface area contributed by atoms with Crippen LogP contribution in [0.5, 0.6) is 0 Å². The Bertz CT molecular complexity index is 588. The first-order valence-electron chi connectivity index (χ1n) is 5.49. The molecule has 0 bridgehead atoms. The molecule has 0 aliphatic rings. The lowest BCUT2D eigenvalue weighted by Gasteiger charge is -2.08. The molecule has 3 heteroatoms. The van der Waals surface area contributed by atoms with Gasteiger partial charge in [0.2, 0.25) is 0 Å². The SMILES string of the molecule is COC(=O)c1ccccc1-c1cccc(C=O)c1. The van der Waals surface area contributed by atoms with Crippen molar-refractivity contribution in [3.8, 4) is 11.1 Å². The number of carbonyl (C=O) groups excluding carboxylic acids is 2. The number of hydrogen-bond donors (Lipinski definition) is 0. The second-order valence-corrected chi connectivity index (χ2v) is 3.78. The van der Waals surface area contributed by atoms with Crippen molar-refractivity contribution in [2.45, 2.75) is 0 Å². The summed E-state index contributed by atoms with van der Waals surface area (Å²) in [5, 5.41) is 0. The third-order valence-electron chi connectivity index (χ3n) is 2.67. The normalized spacial score (nSPS) is 9.83. The molecule has 0 aromatic heterocycles. The van der Waals surface area contributed by atoms with Crippen LogP contribution in [-0.2, 0) is 4.74 Å². The highest BCUT2D eigenvalue weighted by molar-refractivity contribution is 5.97. The summed E-state index contributed by atoms with van der Waals surface area (Å²) in [7, 11) is 1.35. The molecule has 0 fully saturated rings. The summed E-state index contributed by atoms with van der Waals surface area (Å²) in [5.74, 6) is -0.387. The Hall–Kier alpha value is -2.42. The van der Waals surface area contributed by atoms with E-state index in [2.05, 4.69) is 0 Å². The molecule has 0 unspecified atom stereocenters. The standard InChI is InChI=1S/C15H12O3/c1-18-15(17)14-8-3-2-7-13(14)12-6-4-5-11(9-12)10-16/h2-10H,1H3. The number of rotatable bonds is 3. The Morgan fingerprint density at radius 2 is 1.89 bits per heavy atom. The third kappa shape index (κ3) is 2.30. The van der Waals surface area contributed by atoms with Crippen molar-refractivity contribution in [1.82, 2.24) is 0 Å². The van der Waals surface area contributed by atoms with Gasteiger partial charge >= 0.3 is 5.97 Å². The molecular formula is C15H12O3. The second-order valence-electron chi connectivity index (χ2n) is 3.78. The van der Waals surface area contributed by atoms with Gasteiger partial charge in [-0.3, -0.25) is 4.79 Å². The molecular weight excluding hydrogens is 228 g/mol. The van der Waals surface area contributed by atoms with Crippen LogP contribution >= 0.6 is 0 Å². The molecule has 0 saturated carbocycles. The Balaban J connectivity index is 2.56. The van der Waals surface area contributed by atoms with Crippen molar-refractivity contribution in [2.24, 2.45) is 0 Å². The van der Waals surface area contributed by atoms with Crippen LogP contribution in [0.1, 0.15) is 20.7 Å². The maximum absolute atomic E-state index is 11.7. The van der Waals surface area contributed by atoms with E-state index in [9.17, 15) is 9.59 Å². The first kappa shape index (κ1) is 12.0. The van der Waals surface area contributed by atoms with Gasteiger partial charge in [-0.1, -0.05) is 36.4 Å². The van der Waals surface area contributed by atoms with Gasteiger partial charge in [-0.25, -0.2) is 4.79 Å². The number of ether oxygens (including phenoxy) is 1. The first-order chi connectivity index (χ1) is 8.76. The molecule has 0 amide bonds. The van der Waals surface area contributed by atoms with Gasteiger partial charge in [0, 0.05) is 5.56 Å². The van der Waals surface area contributed by atoms with Crippen molar-refractivity contribution in [3.05, 3.63) is 59.7 Å². The van der Waals surface area contributed by atoms with Gasteiger partial charge in [0.05, 0.1) is 12.7 Å². The molecule has 0 aliphatic heterocycles. The molecule has 90 valence electrons. The maximum Gasteiger partial charge on any atom is 0.338 e. The Morgan fingerprint density at radius 1 is 1.11 bits per heavy atom. The first-order valence-corrected chi connectivity index (χ1v) is 5.49. The van der Waals surface area contributed by atoms with Gasteiger partial charge < -0.3 is 4.74 Å². The maximum atomic E-state index is 11.7. The van der Waals surface area contributed by atoms with Crippen molar-refractivity contribution in [2.75, 3.05) is 7.11 Å². The van der Waals surface area contributed by atoms with E-state index in [1.807, 2.05) is 18.2 Å². The van der Waals surface area contributed by atoms with Crippen molar-refractivity contribution < 1.29 is 14.3 Å². The molecule has 0 atom stereocenters. The summed E-state index contributed by atoms with van der Waals surface area (Å²) in [6, 6.07) is 14.3. The topological polar surface area (TPSA) is 43.4 Å². The lowest BCUT2D eigenvalue weighted by molar-refractivity contribution is 0.0601. The van der Waals surface area contributed by atoms with E-state index in [0.29, 0.717) is 11.1 Å². The van der Waals surface area contributed by atoms with Crippen molar-refractivity contribution in [1.29, 1.82) is 0 Å². The highest BCUT2D eigenvalue weighted by Crippen LogP contribution is 2.24. The summed E-state index contributed by atoms with van der Waals surface area (Å²) < 4.78 is 4.75. The quantitative estimate of drug-likeness (QED) is 0.612. The second kappa shape index (κ2) is 5.27. The van der Waals surface area contributed by atoms with Gasteiger partial charge in [-0.2, -0.15) is 0 Å². The number of methoxy groups -OCH3 is 1. The molecule has 2 rings (SSSR count). The molecule has 2 aromatic rings. The molecule has 0 aliphatic carbocycles. The number of esters is 1. The summed E-state index contributed by atoms with van der Waals surface area (Å²) in [5.41, 5.74) is 2.64. The van der Waals surface area contributed by atoms with E-state index in [4.69, 9.17) is 4.74 Å². The van der Waals surface area contributed by atoms with Crippen molar-refractivity contribution >= 4 is 12.3 Å². The van der Waals surface area contributed by atoms with E-state index in [1.54, 1.807) is 30.3 Å². The zero-order chi connectivity index (χ0) is 13.0. The van der Waals surface area contributed by atoms with Crippen LogP contribution in [0.2, 0.25) is 0 Å². The summed E-state index contributed by atoms with van der Waals surface area (Å²) in [6.45, 7) is 0. The van der Waals surface area contributed by atoms with Gasteiger partial charge in [0.15, 0.2) is 0 Å². The van der Waals surface area contributed by atoms with Crippen LogP contribution in [0.3, 0.4) is 0 Å². The third-order valence-corrected chi connectivity index (χ3v) is 2.67. The zero-order valence-electron chi connectivity index (χ0n) is 9.92. The number of aldehydes is 1. The van der Waals surface area contributed by atoms with E-state index in [1.165, 1.54) is 7.11 Å². The molecule has 0 heterocycles. The molecule has 0 spiro atoms. The van der Waals surface area contributed by atoms with Crippen LogP contribution in [0.4, 0.5) is 0 Å². The minimum Gasteiger partial charge on any atom is -0.465 e. The predicted octanol–water partition coefficient (Wildman–Crippen LogP) is 2.95. The highest BCUT2D eigenvalue weighted by atomic mass is 16.5. The summed E-state index contributed by atoms with van der Waals surface area (Å²) in [4.78, 5) is 22.4. The Morgan fingerprint density at radius 3 is 2.61 bits per heavy atom. The van der Waals surface area contributed by atoms with Crippen LogP contribution < -0.4 is 0 Å². The molecule has 0 N–H and O–H groups in total. The van der Waals surface area contributed by atoms with E-state index in [-0.39, 0.29) is 5.97 Å². The average Bonchev–Trinajstić information content (AvgIpc) is 2.46. The number of benzene rings is 2. The Kier molecular flexibility index (Phi) is 3.53. The van der Waals surface area contributed by atoms with E-state index in [0.717, 1.165) is 17.4 Å². The molecule has 3 nitrogen and oxygen atoms in total.